The number of rotatable bonds is 2. The highest BCUT2D eigenvalue weighted by molar-refractivity contribution is 5.80. The molecule has 96 valence electrons. The molecule has 2 bridgehead atoms. The Labute approximate surface area is 104 Å². The number of likely N-dealkylation sites (tertiary alicyclic amines) is 1. The fourth-order valence-corrected chi connectivity index (χ4v) is 3.93. The van der Waals surface area contributed by atoms with E-state index in [4.69, 9.17) is 0 Å². The summed E-state index contributed by atoms with van der Waals surface area (Å²) in [6.45, 7) is 4.27. The number of hydrogen-bond acceptors (Lipinski definition) is 2. The fourth-order valence-electron chi connectivity index (χ4n) is 3.93. The van der Waals surface area contributed by atoms with Gasteiger partial charge >= 0.3 is 0 Å². The van der Waals surface area contributed by atoms with Gasteiger partial charge in [0, 0.05) is 25.2 Å². The van der Waals surface area contributed by atoms with Gasteiger partial charge in [-0.3, -0.25) is 4.79 Å². The molecule has 0 aromatic carbocycles. The summed E-state index contributed by atoms with van der Waals surface area (Å²) in [6, 6.07) is 1.13. The minimum Gasteiger partial charge on any atom is -0.342 e. The number of carbonyl (C=O) groups excluding carboxylic acids is 1. The van der Waals surface area contributed by atoms with Crippen LogP contribution < -0.4 is 5.32 Å². The van der Waals surface area contributed by atoms with Gasteiger partial charge in [0.05, 0.1) is 5.92 Å². The monoisotopic (exact) mass is 236 g/mol. The third-order valence-electron chi connectivity index (χ3n) is 5.03. The van der Waals surface area contributed by atoms with Crippen LogP contribution in [0.15, 0.2) is 0 Å². The van der Waals surface area contributed by atoms with Crippen molar-refractivity contribution in [2.24, 2.45) is 11.8 Å². The zero-order valence-electron chi connectivity index (χ0n) is 10.8. The van der Waals surface area contributed by atoms with Crippen LogP contribution in [0.2, 0.25) is 0 Å². The van der Waals surface area contributed by atoms with Gasteiger partial charge in [-0.05, 0) is 38.0 Å². The van der Waals surface area contributed by atoms with Gasteiger partial charge in [0.15, 0.2) is 0 Å². The summed E-state index contributed by atoms with van der Waals surface area (Å²) in [4.78, 5) is 14.7. The normalized spacial score (nSPS) is 40.9. The van der Waals surface area contributed by atoms with Crippen molar-refractivity contribution in [2.45, 2.75) is 57.5 Å². The quantitative estimate of drug-likeness (QED) is 0.792. The molecule has 0 radical (unpaired) electrons. The van der Waals surface area contributed by atoms with E-state index in [2.05, 4.69) is 17.1 Å². The van der Waals surface area contributed by atoms with Gasteiger partial charge < -0.3 is 10.2 Å². The first-order chi connectivity index (χ1) is 8.28. The second kappa shape index (κ2) is 4.60. The minimum absolute atomic E-state index is 0.296. The average molecular weight is 236 g/mol. The first kappa shape index (κ1) is 11.5. The number of amides is 1. The molecule has 4 unspecified atom stereocenters. The Morgan fingerprint density at radius 3 is 2.88 bits per heavy atom. The van der Waals surface area contributed by atoms with E-state index in [0.29, 0.717) is 23.9 Å². The lowest BCUT2D eigenvalue weighted by molar-refractivity contribution is -0.138. The number of carbonyl (C=O) groups is 1. The maximum absolute atomic E-state index is 12.5. The van der Waals surface area contributed by atoms with Gasteiger partial charge in [-0.1, -0.05) is 13.3 Å². The van der Waals surface area contributed by atoms with Crippen molar-refractivity contribution in [2.75, 3.05) is 13.1 Å². The first-order valence-corrected chi connectivity index (χ1v) is 7.32. The molecule has 3 heteroatoms. The summed E-state index contributed by atoms with van der Waals surface area (Å²) >= 11 is 0. The lowest BCUT2D eigenvalue weighted by Crippen LogP contribution is -2.45. The van der Waals surface area contributed by atoms with Crippen LogP contribution in [-0.4, -0.2) is 36.0 Å². The molecular formula is C14H24N2O. The van der Waals surface area contributed by atoms with Crippen molar-refractivity contribution in [3.63, 3.8) is 0 Å². The van der Waals surface area contributed by atoms with E-state index in [-0.39, 0.29) is 0 Å². The van der Waals surface area contributed by atoms with E-state index < -0.39 is 0 Å². The van der Waals surface area contributed by atoms with E-state index in [1.807, 2.05) is 0 Å². The molecule has 1 N–H and O–H groups in total. The number of nitrogens with one attached hydrogen (secondary N) is 1. The number of fused-ring (bicyclic) bond motifs is 2. The zero-order valence-corrected chi connectivity index (χ0v) is 10.8. The Bertz CT molecular complexity index is 305. The molecule has 0 aliphatic carbocycles. The Balaban J connectivity index is 1.62. The van der Waals surface area contributed by atoms with Crippen LogP contribution in [0.4, 0.5) is 0 Å². The first-order valence-electron chi connectivity index (χ1n) is 7.32. The molecular weight excluding hydrogens is 212 g/mol. The largest absolute Gasteiger partial charge is 0.342 e. The van der Waals surface area contributed by atoms with Crippen LogP contribution in [0.5, 0.6) is 0 Å². The topological polar surface area (TPSA) is 32.3 Å². The molecule has 0 saturated carbocycles. The summed E-state index contributed by atoms with van der Waals surface area (Å²) in [6.07, 6.45) is 7.33. The maximum Gasteiger partial charge on any atom is 0.227 e. The third-order valence-corrected chi connectivity index (χ3v) is 5.03. The van der Waals surface area contributed by atoms with Crippen molar-refractivity contribution in [1.29, 1.82) is 0 Å². The minimum atomic E-state index is 0.296. The number of hydrogen-bond donors (Lipinski definition) is 1. The molecule has 3 heterocycles. The summed E-state index contributed by atoms with van der Waals surface area (Å²) in [5.74, 6) is 1.49. The van der Waals surface area contributed by atoms with Gasteiger partial charge in [-0.2, -0.15) is 0 Å². The summed E-state index contributed by atoms with van der Waals surface area (Å²) in [7, 11) is 0. The smallest absolute Gasteiger partial charge is 0.227 e. The standard InChI is InChI=1S/C14H24N2O/c1-2-10-4-3-7-16(9-10)14(17)12-8-11-5-6-13(12)15-11/h10-13,15H,2-9H2,1H3. The van der Waals surface area contributed by atoms with E-state index in [1.165, 1.54) is 32.1 Å². The second-order valence-electron chi connectivity index (χ2n) is 6.09. The van der Waals surface area contributed by atoms with E-state index in [0.717, 1.165) is 25.4 Å². The molecule has 4 atom stereocenters. The van der Waals surface area contributed by atoms with Gasteiger partial charge in [-0.15, -0.1) is 0 Å². The van der Waals surface area contributed by atoms with Gasteiger partial charge in [-0.25, -0.2) is 0 Å². The summed E-state index contributed by atoms with van der Waals surface area (Å²) in [5, 5.41) is 3.58. The Morgan fingerprint density at radius 1 is 1.35 bits per heavy atom. The Morgan fingerprint density at radius 2 is 2.24 bits per heavy atom. The molecule has 3 fully saturated rings. The van der Waals surface area contributed by atoms with Crippen LogP contribution in [0.3, 0.4) is 0 Å². The predicted molar refractivity (Wildman–Crippen MR) is 67.6 cm³/mol. The third kappa shape index (κ3) is 2.10. The molecule has 3 aliphatic rings. The summed E-state index contributed by atoms with van der Waals surface area (Å²) < 4.78 is 0. The van der Waals surface area contributed by atoms with E-state index >= 15 is 0 Å². The molecule has 3 rings (SSSR count). The van der Waals surface area contributed by atoms with Gasteiger partial charge in [0.1, 0.15) is 0 Å². The molecule has 0 aromatic rings. The lowest BCUT2D eigenvalue weighted by atomic mass is 9.87. The van der Waals surface area contributed by atoms with E-state index in [1.54, 1.807) is 0 Å². The Kier molecular flexibility index (Phi) is 3.12. The van der Waals surface area contributed by atoms with Crippen molar-refractivity contribution in [1.82, 2.24) is 10.2 Å². The molecule has 1 amide bonds. The molecule has 17 heavy (non-hydrogen) atoms. The molecule has 3 saturated heterocycles. The van der Waals surface area contributed by atoms with Crippen molar-refractivity contribution in [3.8, 4) is 0 Å². The molecule has 3 nitrogen and oxygen atoms in total. The van der Waals surface area contributed by atoms with Crippen molar-refractivity contribution < 1.29 is 4.79 Å². The lowest BCUT2D eigenvalue weighted by Gasteiger charge is -2.35. The van der Waals surface area contributed by atoms with Crippen LogP contribution in [0.1, 0.15) is 45.4 Å². The maximum atomic E-state index is 12.5. The predicted octanol–water partition coefficient (Wildman–Crippen LogP) is 1.78. The highest BCUT2D eigenvalue weighted by Gasteiger charge is 2.44. The van der Waals surface area contributed by atoms with Gasteiger partial charge in [0.25, 0.3) is 0 Å². The second-order valence-corrected chi connectivity index (χ2v) is 6.09. The zero-order chi connectivity index (χ0) is 11.8. The molecule has 3 aliphatic heterocycles. The highest BCUT2D eigenvalue weighted by atomic mass is 16.2. The Hall–Kier alpha value is -0.570. The van der Waals surface area contributed by atoms with Crippen LogP contribution in [0, 0.1) is 11.8 Å². The molecule has 0 spiro atoms. The summed E-state index contributed by atoms with van der Waals surface area (Å²) in [5.41, 5.74) is 0. The highest BCUT2D eigenvalue weighted by Crippen LogP contribution is 2.35. The fraction of sp³-hybridized carbons (Fsp3) is 0.929. The van der Waals surface area contributed by atoms with Crippen LogP contribution in [0.25, 0.3) is 0 Å². The van der Waals surface area contributed by atoms with Crippen LogP contribution in [-0.2, 0) is 4.79 Å². The van der Waals surface area contributed by atoms with E-state index in [9.17, 15) is 4.79 Å². The number of piperidine rings is 1. The number of nitrogens with zero attached hydrogens (tertiary/aromatic N) is 1. The molecule has 0 aromatic heterocycles. The SMILES string of the molecule is CCC1CCCN(C(=O)C2CC3CCC2N3)C1. The van der Waals surface area contributed by atoms with Crippen LogP contribution >= 0.6 is 0 Å². The van der Waals surface area contributed by atoms with Crippen molar-refractivity contribution in [3.05, 3.63) is 0 Å². The average Bonchev–Trinajstić information content (AvgIpc) is 3.00. The van der Waals surface area contributed by atoms with Gasteiger partial charge in [0.2, 0.25) is 5.91 Å². The van der Waals surface area contributed by atoms with Crippen molar-refractivity contribution >= 4 is 5.91 Å².